The lowest BCUT2D eigenvalue weighted by atomic mass is 10.0. The molecule has 0 bridgehead atoms. The van der Waals surface area contributed by atoms with Gasteiger partial charge in [-0.2, -0.15) is 0 Å². The van der Waals surface area contributed by atoms with Crippen molar-refractivity contribution in [3.63, 3.8) is 0 Å². The van der Waals surface area contributed by atoms with Crippen LogP contribution >= 0.6 is 7.82 Å². The molecule has 0 aliphatic rings. The molecule has 0 rings (SSSR count). The smallest absolute Gasteiger partial charge is 0.387 e. The zero-order valence-corrected chi connectivity index (χ0v) is 29.7. The maximum atomic E-state index is 12.5. The Morgan fingerprint density at radius 2 is 1.00 bits per heavy atom. The van der Waals surface area contributed by atoms with Crippen molar-refractivity contribution >= 4 is 13.7 Å². The topological polar surface area (TPSA) is 116 Å². The number of phosphoric ester groups is 1. The van der Waals surface area contributed by atoms with Crippen molar-refractivity contribution < 1.29 is 28.8 Å². The molecule has 2 atom stereocenters. The number of amides is 1. The normalized spacial score (nSPS) is 13.5. The number of allylic oxidation sites excluding steroid dienone is 1. The van der Waals surface area contributed by atoms with E-state index in [0.717, 1.165) is 38.5 Å². The first-order valence-corrected chi connectivity index (χ1v) is 20.2. The van der Waals surface area contributed by atoms with Crippen molar-refractivity contribution in [2.24, 2.45) is 0 Å². The molecule has 0 radical (unpaired) electrons. The third-order valence-corrected chi connectivity index (χ3v) is 8.98. The maximum Gasteiger partial charge on any atom is 0.469 e. The molecule has 0 saturated carbocycles. The lowest BCUT2D eigenvalue weighted by Gasteiger charge is -2.22. The summed E-state index contributed by atoms with van der Waals surface area (Å²) in [6, 6.07) is -0.903. The Labute approximate surface area is 272 Å². The number of nitrogens with one attached hydrogen (secondary N) is 1. The molecule has 0 spiro atoms. The molecule has 0 heterocycles. The van der Waals surface area contributed by atoms with Crippen LogP contribution in [0.2, 0.25) is 0 Å². The molecule has 0 unspecified atom stereocenters. The van der Waals surface area contributed by atoms with Gasteiger partial charge in [0, 0.05) is 6.42 Å². The predicted octanol–water partition coefficient (Wildman–Crippen LogP) is 10.5. The summed E-state index contributed by atoms with van der Waals surface area (Å²) in [5.74, 6) is -0.225. The van der Waals surface area contributed by atoms with E-state index in [9.17, 15) is 14.5 Å². The third kappa shape index (κ3) is 32.7. The van der Waals surface area contributed by atoms with E-state index in [-0.39, 0.29) is 5.91 Å². The Hall–Kier alpha value is -0.720. The van der Waals surface area contributed by atoms with E-state index in [4.69, 9.17) is 9.79 Å². The van der Waals surface area contributed by atoms with Crippen LogP contribution in [0.25, 0.3) is 0 Å². The minimum atomic E-state index is -4.70. The van der Waals surface area contributed by atoms with Crippen LogP contribution in [0, 0.1) is 0 Å². The Bertz CT molecular complexity index is 698. The lowest BCUT2D eigenvalue weighted by Crippen LogP contribution is -2.45. The van der Waals surface area contributed by atoms with Crippen LogP contribution in [0.1, 0.15) is 194 Å². The van der Waals surface area contributed by atoms with Gasteiger partial charge in [0.25, 0.3) is 0 Å². The summed E-state index contributed by atoms with van der Waals surface area (Å²) in [6.45, 7) is 4.06. The number of carbonyl (C=O) groups excluding carboxylic acids is 1. The van der Waals surface area contributed by atoms with Gasteiger partial charge in [-0.05, 0) is 19.3 Å². The Morgan fingerprint density at radius 1 is 0.636 bits per heavy atom. The summed E-state index contributed by atoms with van der Waals surface area (Å²) >= 11 is 0. The summed E-state index contributed by atoms with van der Waals surface area (Å²) in [6.07, 6.45) is 36.5. The van der Waals surface area contributed by atoms with E-state index in [1.807, 2.05) is 6.08 Å². The first kappa shape index (κ1) is 43.3. The van der Waals surface area contributed by atoms with Crippen LogP contribution in [-0.2, 0) is 13.9 Å². The highest BCUT2D eigenvalue weighted by Crippen LogP contribution is 2.35. The van der Waals surface area contributed by atoms with E-state index in [2.05, 4.69) is 23.7 Å². The lowest BCUT2D eigenvalue weighted by molar-refractivity contribution is -0.123. The molecule has 0 aromatic heterocycles. The average Bonchev–Trinajstić information content (AvgIpc) is 2.99. The monoisotopic (exact) mass is 646 g/mol. The van der Waals surface area contributed by atoms with Gasteiger partial charge in [0.05, 0.1) is 18.8 Å². The zero-order valence-electron chi connectivity index (χ0n) is 28.8. The number of phosphoric acid groups is 1. The van der Waals surface area contributed by atoms with Gasteiger partial charge in [0.1, 0.15) is 0 Å². The van der Waals surface area contributed by atoms with Gasteiger partial charge in [0.15, 0.2) is 0 Å². The van der Waals surface area contributed by atoms with E-state index < -0.39 is 26.6 Å². The maximum absolute atomic E-state index is 12.5. The van der Waals surface area contributed by atoms with Gasteiger partial charge in [0.2, 0.25) is 5.91 Å². The highest BCUT2D eigenvalue weighted by Gasteiger charge is 2.24. The third-order valence-electron chi connectivity index (χ3n) is 8.50. The molecule has 0 aliphatic carbocycles. The van der Waals surface area contributed by atoms with Gasteiger partial charge in [-0.15, -0.1) is 0 Å². The number of aliphatic hydroxyl groups is 1. The minimum absolute atomic E-state index is 0.225. The Kier molecular flexibility index (Phi) is 31.7. The standard InChI is InChI=1S/C36H72NO6P/c1-3-5-7-9-11-13-15-17-19-21-23-25-27-29-31-35(38)34(33-43-44(40,41)42)37-36(39)32-30-28-26-24-22-20-18-16-14-12-10-8-6-4-2/h29,31,34-35,38H,3-28,30,32-33H2,1-2H3,(H,37,39)(H2,40,41,42)/b31-29+/t34-,35+/m0/s1. The molecule has 262 valence electrons. The van der Waals surface area contributed by atoms with Crippen LogP contribution in [0.15, 0.2) is 12.2 Å². The first-order chi connectivity index (χ1) is 21.3. The fourth-order valence-electron chi connectivity index (χ4n) is 5.64. The molecule has 0 aromatic rings. The number of aliphatic hydroxyl groups excluding tert-OH is 1. The van der Waals surface area contributed by atoms with Crippen LogP contribution < -0.4 is 5.32 Å². The molecule has 4 N–H and O–H groups in total. The van der Waals surface area contributed by atoms with Crippen LogP contribution in [0.4, 0.5) is 0 Å². The molecular formula is C36H72NO6P. The highest BCUT2D eigenvalue weighted by molar-refractivity contribution is 7.46. The number of hydrogen-bond donors (Lipinski definition) is 4. The number of unbranched alkanes of at least 4 members (excludes halogenated alkanes) is 25. The Balaban J connectivity index is 4.03. The second-order valence-corrected chi connectivity index (χ2v) is 14.1. The quantitative estimate of drug-likeness (QED) is 0.0314. The van der Waals surface area contributed by atoms with Crippen molar-refractivity contribution in [3.05, 3.63) is 12.2 Å². The second-order valence-electron chi connectivity index (χ2n) is 12.9. The van der Waals surface area contributed by atoms with Crippen LogP contribution in [-0.4, -0.2) is 39.6 Å². The average molecular weight is 646 g/mol. The molecule has 8 heteroatoms. The van der Waals surface area contributed by atoms with Crippen molar-refractivity contribution in [1.29, 1.82) is 0 Å². The van der Waals surface area contributed by atoms with Crippen molar-refractivity contribution in [3.8, 4) is 0 Å². The fraction of sp³-hybridized carbons (Fsp3) is 0.917. The van der Waals surface area contributed by atoms with E-state index in [1.54, 1.807) is 6.08 Å². The molecule has 0 fully saturated rings. The largest absolute Gasteiger partial charge is 0.469 e. The summed E-state index contributed by atoms with van der Waals surface area (Å²) in [5, 5.41) is 13.3. The van der Waals surface area contributed by atoms with E-state index in [1.165, 1.54) is 135 Å². The number of rotatable bonds is 34. The summed E-state index contributed by atoms with van der Waals surface area (Å²) in [5.41, 5.74) is 0. The van der Waals surface area contributed by atoms with Crippen LogP contribution in [0.5, 0.6) is 0 Å². The van der Waals surface area contributed by atoms with E-state index in [0.29, 0.717) is 6.42 Å². The molecule has 0 saturated heterocycles. The number of carbonyl (C=O) groups is 1. The summed E-state index contributed by atoms with van der Waals surface area (Å²) in [7, 11) is -4.70. The van der Waals surface area contributed by atoms with Crippen molar-refractivity contribution in [1.82, 2.24) is 5.32 Å². The molecule has 7 nitrogen and oxygen atoms in total. The zero-order chi connectivity index (χ0) is 32.6. The SMILES string of the molecule is CCCCCCCCCCCCCC/C=C/[C@@H](O)[C@H](COP(=O)(O)O)NC(=O)CCCCCCCCCCCCCCCC. The molecule has 1 amide bonds. The van der Waals surface area contributed by atoms with Gasteiger partial charge in [-0.25, -0.2) is 4.57 Å². The fourth-order valence-corrected chi connectivity index (χ4v) is 5.99. The van der Waals surface area contributed by atoms with Gasteiger partial charge < -0.3 is 20.2 Å². The summed E-state index contributed by atoms with van der Waals surface area (Å²) in [4.78, 5) is 30.7. The molecule has 0 aromatic carbocycles. The minimum Gasteiger partial charge on any atom is -0.387 e. The molecular weight excluding hydrogens is 573 g/mol. The number of hydrogen-bond acceptors (Lipinski definition) is 4. The van der Waals surface area contributed by atoms with E-state index >= 15 is 0 Å². The van der Waals surface area contributed by atoms with Crippen LogP contribution in [0.3, 0.4) is 0 Å². The van der Waals surface area contributed by atoms with Crippen molar-refractivity contribution in [2.45, 2.75) is 206 Å². The summed E-state index contributed by atoms with van der Waals surface area (Å²) < 4.78 is 15.8. The second kappa shape index (κ2) is 32.2. The molecule has 0 aliphatic heterocycles. The van der Waals surface area contributed by atoms with Gasteiger partial charge in [-0.3, -0.25) is 9.32 Å². The van der Waals surface area contributed by atoms with Gasteiger partial charge in [-0.1, -0.05) is 180 Å². The highest BCUT2D eigenvalue weighted by atomic mass is 31.2. The predicted molar refractivity (Wildman–Crippen MR) is 186 cm³/mol. The Morgan fingerprint density at radius 3 is 1.39 bits per heavy atom. The first-order valence-electron chi connectivity index (χ1n) is 18.6. The van der Waals surface area contributed by atoms with Crippen molar-refractivity contribution in [2.75, 3.05) is 6.61 Å². The van der Waals surface area contributed by atoms with Gasteiger partial charge >= 0.3 is 7.82 Å². The molecule has 44 heavy (non-hydrogen) atoms.